The molecule has 0 aliphatic heterocycles. The average molecular weight is 277 g/mol. The van der Waals surface area contributed by atoms with Crippen LogP contribution in [0.15, 0.2) is 5.38 Å². The van der Waals surface area contributed by atoms with Crippen LogP contribution in [0.3, 0.4) is 0 Å². The summed E-state index contributed by atoms with van der Waals surface area (Å²) in [5, 5.41) is 13.3. The molecule has 1 aliphatic carbocycles. The molecule has 100 valence electrons. The third-order valence-electron chi connectivity index (χ3n) is 3.23. The maximum absolute atomic E-state index is 12.1. The first-order chi connectivity index (χ1) is 9.13. The summed E-state index contributed by atoms with van der Waals surface area (Å²) >= 11 is 1.58. The van der Waals surface area contributed by atoms with Gasteiger partial charge in [-0.3, -0.25) is 4.79 Å². The van der Waals surface area contributed by atoms with E-state index in [1.807, 2.05) is 5.38 Å². The molecule has 1 amide bonds. The van der Waals surface area contributed by atoms with Gasteiger partial charge in [0.1, 0.15) is 6.04 Å². The highest BCUT2D eigenvalue weighted by molar-refractivity contribution is 7.10. The molecule has 1 atom stereocenters. The summed E-state index contributed by atoms with van der Waals surface area (Å²) in [6.07, 6.45) is 9.25. The molecule has 0 saturated heterocycles. The molecule has 1 aliphatic rings. The van der Waals surface area contributed by atoms with Crippen molar-refractivity contribution in [2.24, 2.45) is 0 Å². The Morgan fingerprint density at radius 2 is 2.21 bits per heavy atom. The van der Waals surface area contributed by atoms with E-state index >= 15 is 0 Å². The number of rotatable bonds is 4. The van der Waals surface area contributed by atoms with Gasteiger partial charge in [-0.1, -0.05) is 0 Å². The number of carbonyl (C=O) groups is 2. The van der Waals surface area contributed by atoms with Crippen LogP contribution < -0.4 is 5.32 Å². The standard InChI is InChI=1S/C14H15NO3S/c1-2-5-11(14(17)18)15-13(16)10-8-19-12-7-4-3-6-9(10)12/h1,8,11H,3-7H2,(H,15,16)(H,17,18). The molecule has 2 N–H and O–H groups in total. The quantitative estimate of drug-likeness (QED) is 0.825. The van der Waals surface area contributed by atoms with Gasteiger partial charge in [0, 0.05) is 16.7 Å². The molecular weight excluding hydrogens is 262 g/mol. The monoisotopic (exact) mass is 277 g/mol. The number of amides is 1. The van der Waals surface area contributed by atoms with E-state index in [1.54, 1.807) is 11.3 Å². The fraction of sp³-hybridized carbons (Fsp3) is 0.429. The summed E-state index contributed by atoms with van der Waals surface area (Å²) in [5.41, 5.74) is 1.70. The molecule has 1 aromatic rings. The fourth-order valence-electron chi connectivity index (χ4n) is 2.24. The van der Waals surface area contributed by atoms with E-state index in [2.05, 4.69) is 11.2 Å². The molecule has 0 aromatic carbocycles. The van der Waals surface area contributed by atoms with Crippen molar-refractivity contribution in [2.45, 2.75) is 38.1 Å². The van der Waals surface area contributed by atoms with E-state index in [-0.39, 0.29) is 12.3 Å². The maximum Gasteiger partial charge on any atom is 0.327 e. The van der Waals surface area contributed by atoms with Crippen LogP contribution in [0.1, 0.15) is 40.1 Å². The molecule has 2 rings (SSSR count). The summed E-state index contributed by atoms with van der Waals surface area (Å²) in [6.45, 7) is 0. The number of carboxylic acid groups (broad SMARTS) is 1. The zero-order valence-corrected chi connectivity index (χ0v) is 11.3. The number of fused-ring (bicyclic) bond motifs is 1. The van der Waals surface area contributed by atoms with Crippen molar-refractivity contribution in [1.29, 1.82) is 0 Å². The van der Waals surface area contributed by atoms with Gasteiger partial charge >= 0.3 is 5.97 Å². The predicted molar refractivity (Wildman–Crippen MR) is 73.3 cm³/mol. The van der Waals surface area contributed by atoms with E-state index in [0.717, 1.165) is 31.2 Å². The Kier molecular flexibility index (Phi) is 4.23. The molecule has 0 radical (unpaired) electrons. The summed E-state index contributed by atoms with van der Waals surface area (Å²) in [4.78, 5) is 24.4. The Morgan fingerprint density at radius 3 is 2.89 bits per heavy atom. The third kappa shape index (κ3) is 2.96. The zero-order chi connectivity index (χ0) is 13.8. The van der Waals surface area contributed by atoms with Crippen molar-refractivity contribution in [2.75, 3.05) is 0 Å². The second-order valence-electron chi connectivity index (χ2n) is 4.53. The number of hydrogen-bond acceptors (Lipinski definition) is 3. The molecule has 0 fully saturated rings. The second kappa shape index (κ2) is 5.89. The van der Waals surface area contributed by atoms with Crippen LogP contribution in [-0.2, 0) is 17.6 Å². The van der Waals surface area contributed by atoms with Gasteiger partial charge < -0.3 is 10.4 Å². The molecule has 0 bridgehead atoms. The van der Waals surface area contributed by atoms with Crippen LogP contribution in [0, 0.1) is 12.3 Å². The number of carboxylic acids is 1. The minimum Gasteiger partial charge on any atom is -0.480 e. The van der Waals surface area contributed by atoms with Gasteiger partial charge in [-0.05, 0) is 31.2 Å². The lowest BCUT2D eigenvalue weighted by atomic mass is 9.95. The zero-order valence-electron chi connectivity index (χ0n) is 10.4. The minimum absolute atomic E-state index is 0.00655. The highest BCUT2D eigenvalue weighted by Gasteiger charge is 2.24. The van der Waals surface area contributed by atoms with Crippen molar-refractivity contribution < 1.29 is 14.7 Å². The first kappa shape index (κ1) is 13.6. The minimum atomic E-state index is -1.10. The lowest BCUT2D eigenvalue weighted by Gasteiger charge is -2.15. The largest absolute Gasteiger partial charge is 0.480 e. The number of nitrogens with one attached hydrogen (secondary N) is 1. The van der Waals surface area contributed by atoms with Gasteiger partial charge in [-0.15, -0.1) is 23.7 Å². The predicted octanol–water partition coefficient (Wildman–Crippen LogP) is 1.83. The SMILES string of the molecule is C#CCC(NC(=O)c1csc2c1CCCC2)C(=O)O. The van der Waals surface area contributed by atoms with Crippen LogP contribution in [0.4, 0.5) is 0 Å². The van der Waals surface area contributed by atoms with Gasteiger partial charge in [0.25, 0.3) is 5.91 Å². The normalized spacial score (nSPS) is 15.1. The summed E-state index contributed by atoms with van der Waals surface area (Å²) in [6, 6.07) is -1.02. The number of hydrogen-bond donors (Lipinski definition) is 2. The van der Waals surface area contributed by atoms with Crippen molar-refractivity contribution in [3.05, 3.63) is 21.4 Å². The average Bonchev–Trinajstić information content (AvgIpc) is 2.81. The van der Waals surface area contributed by atoms with Crippen molar-refractivity contribution >= 4 is 23.2 Å². The van der Waals surface area contributed by atoms with Crippen molar-refractivity contribution in [3.63, 3.8) is 0 Å². The van der Waals surface area contributed by atoms with Gasteiger partial charge in [-0.25, -0.2) is 4.79 Å². The number of carbonyl (C=O) groups excluding carboxylic acids is 1. The summed E-state index contributed by atoms with van der Waals surface area (Å²) < 4.78 is 0. The Labute approximate surface area is 115 Å². The topological polar surface area (TPSA) is 66.4 Å². The highest BCUT2D eigenvalue weighted by Crippen LogP contribution is 2.30. The van der Waals surface area contributed by atoms with Crippen LogP contribution >= 0.6 is 11.3 Å². The Hall–Kier alpha value is -1.80. The van der Waals surface area contributed by atoms with E-state index < -0.39 is 12.0 Å². The van der Waals surface area contributed by atoms with Crippen LogP contribution in [0.2, 0.25) is 0 Å². The van der Waals surface area contributed by atoms with Gasteiger partial charge in [0.05, 0.1) is 5.56 Å². The van der Waals surface area contributed by atoms with Crippen LogP contribution in [-0.4, -0.2) is 23.0 Å². The van der Waals surface area contributed by atoms with E-state index in [4.69, 9.17) is 11.5 Å². The fourth-order valence-corrected chi connectivity index (χ4v) is 3.36. The highest BCUT2D eigenvalue weighted by atomic mass is 32.1. The first-order valence-corrected chi connectivity index (χ1v) is 7.07. The number of thiophene rings is 1. The van der Waals surface area contributed by atoms with Gasteiger partial charge in [-0.2, -0.15) is 0 Å². The molecule has 1 heterocycles. The smallest absolute Gasteiger partial charge is 0.327 e. The Balaban J connectivity index is 2.14. The third-order valence-corrected chi connectivity index (χ3v) is 4.32. The molecule has 1 unspecified atom stereocenters. The molecule has 4 nitrogen and oxygen atoms in total. The molecular formula is C14H15NO3S. The second-order valence-corrected chi connectivity index (χ2v) is 5.49. The summed E-state index contributed by atoms with van der Waals surface area (Å²) in [5.74, 6) is 0.836. The van der Waals surface area contributed by atoms with Crippen molar-refractivity contribution in [1.82, 2.24) is 5.32 Å². The Bertz CT molecular complexity index is 541. The van der Waals surface area contributed by atoms with Gasteiger partial charge in [0.2, 0.25) is 0 Å². The first-order valence-electron chi connectivity index (χ1n) is 6.20. The molecule has 1 aromatic heterocycles. The Morgan fingerprint density at radius 1 is 1.47 bits per heavy atom. The van der Waals surface area contributed by atoms with E-state index in [1.165, 1.54) is 4.88 Å². The number of aryl methyl sites for hydroxylation is 1. The molecule has 5 heteroatoms. The molecule has 19 heavy (non-hydrogen) atoms. The number of terminal acetylenes is 1. The van der Waals surface area contributed by atoms with E-state index in [9.17, 15) is 9.59 Å². The maximum atomic E-state index is 12.1. The van der Waals surface area contributed by atoms with E-state index in [0.29, 0.717) is 5.56 Å². The lowest BCUT2D eigenvalue weighted by Crippen LogP contribution is -2.40. The van der Waals surface area contributed by atoms with Crippen LogP contribution in [0.25, 0.3) is 0 Å². The van der Waals surface area contributed by atoms with Crippen LogP contribution in [0.5, 0.6) is 0 Å². The molecule has 0 saturated carbocycles. The number of aliphatic carboxylic acids is 1. The van der Waals surface area contributed by atoms with Gasteiger partial charge in [0.15, 0.2) is 0 Å². The van der Waals surface area contributed by atoms with Crippen molar-refractivity contribution in [3.8, 4) is 12.3 Å². The summed E-state index contributed by atoms with van der Waals surface area (Å²) in [7, 11) is 0. The lowest BCUT2D eigenvalue weighted by molar-refractivity contribution is -0.139. The molecule has 0 spiro atoms.